The summed E-state index contributed by atoms with van der Waals surface area (Å²) in [4.78, 5) is 15.1. The molecule has 7 heteroatoms. The first-order valence-corrected chi connectivity index (χ1v) is 5.49. The fourth-order valence-corrected chi connectivity index (χ4v) is 1.62. The van der Waals surface area contributed by atoms with E-state index in [9.17, 15) is 23.1 Å². The Hall–Kier alpha value is -2.57. The second-order valence-corrected chi connectivity index (χ2v) is 3.84. The summed E-state index contributed by atoms with van der Waals surface area (Å²) in [6.07, 6.45) is -5.29. The minimum Gasteiger partial charge on any atom is -0.529 e. The highest BCUT2D eigenvalue weighted by atomic mass is 19.4. The monoisotopic (exact) mass is 281 g/mol. The van der Waals surface area contributed by atoms with E-state index >= 15 is 0 Å². The molecule has 0 saturated carbocycles. The van der Waals surface area contributed by atoms with Gasteiger partial charge in [-0.25, -0.2) is 4.98 Å². The number of amides is 1. The van der Waals surface area contributed by atoms with Gasteiger partial charge in [0.1, 0.15) is 11.8 Å². The second kappa shape index (κ2) is 5.20. The molecule has 1 aromatic heterocycles. The predicted octanol–water partition coefficient (Wildman–Crippen LogP) is 2.58. The van der Waals surface area contributed by atoms with Gasteiger partial charge < -0.3 is 9.90 Å². The van der Waals surface area contributed by atoms with Crippen LogP contribution in [0, 0.1) is 0 Å². The van der Waals surface area contributed by atoms with E-state index in [1.165, 1.54) is 12.1 Å². The Morgan fingerprint density at radius 1 is 1.05 bits per heavy atom. The molecule has 2 rings (SSSR count). The van der Waals surface area contributed by atoms with E-state index < -0.39 is 18.0 Å². The van der Waals surface area contributed by atoms with Crippen LogP contribution in [0.1, 0.15) is 5.69 Å². The summed E-state index contributed by atoms with van der Waals surface area (Å²) in [5.74, 6) is 0. The van der Waals surface area contributed by atoms with Gasteiger partial charge >= 0.3 is 6.18 Å². The Morgan fingerprint density at radius 2 is 1.70 bits per heavy atom. The molecule has 4 nitrogen and oxygen atoms in total. The molecule has 1 aromatic carbocycles. The van der Waals surface area contributed by atoms with Gasteiger partial charge in [-0.15, -0.1) is 0 Å². The van der Waals surface area contributed by atoms with Crippen LogP contribution in [-0.2, 0) is 6.18 Å². The van der Waals surface area contributed by atoms with Crippen molar-refractivity contribution >= 4 is 17.5 Å². The number of para-hydroxylation sites is 1. The van der Waals surface area contributed by atoms with Crippen molar-refractivity contribution < 1.29 is 23.1 Å². The molecule has 0 unspecified atom stereocenters. The fraction of sp³-hybridized carbons (Fsp3) is 0.0769. The molecule has 0 fully saturated rings. The average Bonchev–Trinajstić information content (AvgIpc) is 2.39. The lowest BCUT2D eigenvalue weighted by Crippen LogP contribution is -2.38. The standard InChI is InChI=1S/C13H9F3N2O2/c14-13(15,16)11-7-6-10(8-17-11)18(12(19)20)9-4-2-1-3-5-9/h1-8H,(H,19,20)/p-1. The lowest BCUT2D eigenvalue weighted by atomic mass is 10.2. The Morgan fingerprint density at radius 3 is 2.15 bits per heavy atom. The van der Waals surface area contributed by atoms with E-state index in [-0.39, 0.29) is 11.4 Å². The number of rotatable bonds is 2. The summed E-state index contributed by atoms with van der Waals surface area (Å²) >= 11 is 0. The van der Waals surface area contributed by atoms with Crippen LogP contribution in [0.15, 0.2) is 48.7 Å². The number of pyridine rings is 1. The molecule has 0 N–H and O–H groups in total. The van der Waals surface area contributed by atoms with Crippen molar-refractivity contribution in [3.8, 4) is 0 Å². The Kier molecular flexibility index (Phi) is 3.60. The highest BCUT2D eigenvalue weighted by Gasteiger charge is 2.32. The third kappa shape index (κ3) is 2.87. The number of carboxylic acid groups (broad SMARTS) is 1. The SMILES string of the molecule is O=C([O-])N(c1ccccc1)c1ccc(C(F)(F)F)nc1. The predicted molar refractivity (Wildman–Crippen MR) is 63.2 cm³/mol. The number of nitrogens with zero attached hydrogens (tertiary/aromatic N) is 2. The van der Waals surface area contributed by atoms with Crippen LogP contribution in [0.4, 0.5) is 29.3 Å². The normalized spacial score (nSPS) is 11.2. The van der Waals surface area contributed by atoms with Crippen LogP contribution < -0.4 is 10.0 Å². The smallest absolute Gasteiger partial charge is 0.433 e. The number of carbonyl (C=O) groups excluding carboxylic acids is 1. The van der Waals surface area contributed by atoms with Crippen LogP contribution in [-0.4, -0.2) is 11.1 Å². The Balaban J connectivity index is 2.39. The van der Waals surface area contributed by atoms with Crippen LogP contribution in [0.2, 0.25) is 0 Å². The quantitative estimate of drug-likeness (QED) is 0.850. The first-order valence-electron chi connectivity index (χ1n) is 5.49. The zero-order valence-electron chi connectivity index (χ0n) is 9.96. The van der Waals surface area contributed by atoms with E-state index in [0.29, 0.717) is 6.07 Å². The van der Waals surface area contributed by atoms with Crippen molar-refractivity contribution in [1.29, 1.82) is 0 Å². The minimum atomic E-state index is -4.57. The number of benzene rings is 1. The molecular weight excluding hydrogens is 273 g/mol. The topological polar surface area (TPSA) is 56.3 Å². The van der Waals surface area contributed by atoms with Crippen molar-refractivity contribution in [3.05, 3.63) is 54.4 Å². The molecule has 20 heavy (non-hydrogen) atoms. The van der Waals surface area contributed by atoms with Gasteiger partial charge in [0.25, 0.3) is 0 Å². The number of hydrogen-bond donors (Lipinski definition) is 0. The molecule has 0 aliphatic heterocycles. The summed E-state index contributed by atoms with van der Waals surface area (Å²) < 4.78 is 37.2. The molecule has 0 aliphatic carbocycles. The van der Waals surface area contributed by atoms with E-state index in [0.717, 1.165) is 17.2 Å². The maximum Gasteiger partial charge on any atom is 0.433 e. The zero-order valence-corrected chi connectivity index (χ0v) is 9.96. The summed E-state index contributed by atoms with van der Waals surface area (Å²) in [7, 11) is 0. The van der Waals surface area contributed by atoms with Crippen molar-refractivity contribution in [3.63, 3.8) is 0 Å². The number of alkyl halides is 3. The van der Waals surface area contributed by atoms with Crippen molar-refractivity contribution in [1.82, 2.24) is 4.98 Å². The van der Waals surface area contributed by atoms with Gasteiger partial charge in [0.2, 0.25) is 0 Å². The van der Waals surface area contributed by atoms with Gasteiger partial charge in [-0.3, -0.25) is 4.90 Å². The van der Waals surface area contributed by atoms with E-state index in [4.69, 9.17) is 0 Å². The largest absolute Gasteiger partial charge is 0.529 e. The first-order chi connectivity index (χ1) is 9.39. The van der Waals surface area contributed by atoms with Crippen LogP contribution in [0.5, 0.6) is 0 Å². The van der Waals surface area contributed by atoms with Gasteiger partial charge in [-0.2, -0.15) is 13.2 Å². The van der Waals surface area contributed by atoms with Crippen LogP contribution >= 0.6 is 0 Å². The summed E-state index contributed by atoms with van der Waals surface area (Å²) in [5.41, 5.74) is -0.856. The highest BCUT2D eigenvalue weighted by molar-refractivity contribution is 5.93. The van der Waals surface area contributed by atoms with E-state index in [1.54, 1.807) is 18.2 Å². The van der Waals surface area contributed by atoms with Crippen molar-refractivity contribution in [2.75, 3.05) is 4.90 Å². The number of anilines is 2. The Labute approximate surface area is 112 Å². The van der Waals surface area contributed by atoms with Crippen LogP contribution in [0.3, 0.4) is 0 Å². The maximum atomic E-state index is 12.4. The molecule has 0 aliphatic rings. The molecule has 1 amide bonds. The summed E-state index contributed by atoms with van der Waals surface area (Å²) in [6.45, 7) is 0. The molecule has 2 aromatic rings. The lowest BCUT2D eigenvalue weighted by molar-refractivity contribution is -0.245. The molecule has 104 valence electrons. The Bertz CT molecular complexity index is 597. The highest BCUT2D eigenvalue weighted by Crippen LogP contribution is 2.30. The van der Waals surface area contributed by atoms with Crippen molar-refractivity contribution in [2.45, 2.75) is 6.18 Å². The third-order valence-corrected chi connectivity index (χ3v) is 2.49. The lowest BCUT2D eigenvalue weighted by Gasteiger charge is -2.25. The molecule has 0 bridgehead atoms. The molecule has 0 atom stereocenters. The fourth-order valence-electron chi connectivity index (χ4n) is 1.62. The molecular formula is C13H8F3N2O2-. The van der Waals surface area contributed by atoms with E-state index in [2.05, 4.69) is 4.98 Å². The number of halogens is 3. The second-order valence-electron chi connectivity index (χ2n) is 3.84. The number of carbonyl (C=O) groups is 1. The summed E-state index contributed by atoms with van der Waals surface area (Å²) in [6, 6.07) is 9.61. The zero-order chi connectivity index (χ0) is 14.8. The van der Waals surface area contributed by atoms with Gasteiger partial charge in [0, 0.05) is 5.69 Å². The molecule has 1 heterocycles. The summed E-state index contributed by atoms with van der Waals surface area (Å²) in [5, 5.41) is 11.1. The van der Waals surface area contributed by atoms with Gasteiger partial charge in [0.05, 0.1) is 11.9 Å². The van der Waals surface area contributed by atoms with Gasteiger partial charge in [0.15, 0.2) is 0 Å². The molecule has 0 saturated heterocycles. The van der Waals surface area contributed by atoms with Gasteiger partial charge in [-0.05, 0) is 24.3 Å². The number of aromatic nitrogens is 1. The van der Waals surface area contributed by atoms with Crippen LogP contribution in [0.25, 0.3) is 0 Å². The van der Waals surface area contributed by atoms with Crippen molar-refractivity contribution in [2.24, 2.45) is 0 Å². The molecule has 0 spiro atoms. The average molecular weight is 281 g/mol. The first kappa shape index (κ1) is 13.9. The third-order valence-electron chi connectivity index (χ3n) is 2.49. The maximum absolute atomic E-state index is 12.4. The minimum absolute atomic E-state index is 0.0239. The molecule has 0 radical (unpaired) electrons. The van der Waals surface area contributed by atoms with Gasteiger partial charge in [-0.1, -0.05) is 18.2 Å². The van der Waals surface area contributed by atoms with E-state index in [1.807, 2.05) is 0 Å². The number of hydrogen-bond acceptors (Lipinski definition) is 3.